The normalized spacial score (nSPS) is 11.0. The van der Waals surface area contributed by atoms with Crippen LogP contribution in [0.1, 0.15) is 31.7 Å². The molecule has 128 valence electrons. The molecule has 0 aromatic heterocycles. The lowest BCUT2D eigenvalue weighted by Crippen LogP contribution is -2.37. The van der Waals surface area contributed by atoms with E-state index in [2.05, 4.69) is 20.4 Å². The fraction of sp³-hybridized carbons (Fsp3) is 0.529. The summed E-state index contributed by atoms with van der Waals surface area (Å²) in [6.45, 7) is 4.17. The van der Waals surface area contributed by atoms with Gasteiger partial charge in [-0.15, -0.1) is 0 Å². The van der Waals surface area contributed by atoms with Crippen LogP contribution in [0, 0.1) is 0 Å². The number of carbonyl (C=O) groups is 1. The molecule has 0 aliphatic rings. The number of carbonyl (C=O) groups excluding carboxylic acids is 1. The third kappa shape index (κ3) is 8.09. The number of hydrogen-bond acceptors (Lipinski definition) is 4. The standard InChI is InChI=1S/C17H27N3O3/c1-4-18-17(19-11-6-5-10-16(21)23-3)20-13-14-8-7-9-15(12-14)22-2/h7-9,12H,4-6,10-11,13H2,1-3H3,(H2,18,19,20). The van der Waals surface area contributed by atoms with Gasteiger partial charge in [0.2, 0.25) is 0 Å². The number of methoxy groups -OCH3 is 2. The number of benzene rings is 1. The van der Waals surface area contributed by atoms with E-state index in [1.165, 1.54) is 7.11 Å². The number of hydrogen-bond donors (Lipinski definition) is 2. The lowest BCUT2D eigenvalue weighted by Gasteiger charge is -2.11. The topological polar surface area (TPSA) is 72.0 Å². The second kappa shape index (κ2) is 11.3. The van der Waals surface area contributed by atoms with E-state index < -0.39 is 0 Å². The first-order valence-corrected chi connectivity index (χ1v) is 7.91. The maximum atomic E-state index is 11.0. The number of unbranched alkanes of at least 4 members (excludes halogenated alkanes) is 1. The summed E-state index contributed by atoms with van der Waals surface area (Å²) < 4.78 is 9.83. The van der Waals surface area contributed by atoms with Gasteiger partial charge < -0.3 is 20.1 Å². The number of nitrogens with zero attached hydrogens (tertiary/aromatic N) is 1. The van der Waals surface area contributed by atoms with Gasteiger partial charge in [0, 0.05) is 19.5 Å². The maximum Gasteiger partial charge on any atom is 0.305 e. The molecule has 0 radical (unpaired) electrons. The van der Waals surface area contributed by atoms with Gasteiger partial charge in [0.15, 0.2) is 5.96 Å². The van der Waals surface area contributed by atoms with Gasteiger partial charge in [-0.3, -0.25) is 4.79 Å². The molecule has 0 bridgehead atoms. The highest BCUT2D eigenvalue weighted by Crippen LogP contribution is 2.13. The summed E-state index contributed by atoms with van der Waals surface area (Å²) in [5, 5.41) is 6.48. The van der Waals surface area contributed by atoms with Crippen LogP contribution in [0.2, 0.25) is 0 Å². The predicted molar refractivity (Wildman–Crippen MR) is 91.7 cm³/mol. The molecule has 0 fully saturated rings. The molecule has 0 aliphatic heterocycles. The van der Waals surface area contributed by atoms with Crippen LogP contribution in [0.25, 0.3) is 0 Å². The molecule has 2 N–H and O–H groups in total. The summed E-state index contributed by atoms with van der Waals surface area (Å²) >= 11 is 0. The van der Waals surface area contributed by atoms with Crippen LogP contribution >= 0.6 is 0 Å². The number of guanidine groups is 1. The molecule has 1 aromatic rings. The zero-order valence-electron chi connectivity index (χ0n) is 14.2. The van der Waals surface area contributed by atoms with Crippen molar-refractivity contribution in [1.82, 2.24) is 10.6 Å². The summed E-state index contributed by atoms with van der Waals surface area (Å²) in [4.78, 5) is 15.6. The Bertz CT molecular complexity index is 504. The Morgan fingerprint density at radius 2 is 2.04 bits per heavy atom. The fourth-order valence-electron chi connectivity index (χ4n) is 1.99. The molecule has 0 spiro atoms. The molecule has 1 aromatic carbocycles. The minimum atomic E-state index is -0.163. The summed E-state index contributed by atoms with van der Waals surface area (Å²) in [6, 6.07) is 7.87. The van der Waals surface area contributed by atoms with E-state index >= 15 is 0 Å². The Kier molecular flexibility index (Phi) is 9.28. The van der Waals surface area contributed by atoms with Crippen LogP contribution < -0.4 is 15.4 Å². The van der Waals surface area contributed by atoms with Crippen LogP contribution in [0.3, 0.4) is 0 Å². The van der Waals surface area contributed by atoms with E-state index in [9.17, 15) is 4.79 Å². The minimum Gasteiger partial charge on any atom is -0.497 e. The van der Waals surface area contributed by atoms with E-state index in [1.807, 2.05) is 31.2 Å². The molecule has 0 amide bonds. The van der Waals surface area contributed by atoms with Crippen molar-refractivity contribution < 1.29 is 14.3 Å². The molecule has 6 nitrogen and oxygen atoms in total. The highest BCUT2D eigenvalue weighted by Gasteiger charge is 2.01. The first kappa shape index (κ1) is 18.8. The van der Waals surface area contributed by atoms with Crippen molar-refractivity contribution >= 4 is 11.9 Å². The van der Waals surface area contributed by atoms with Crippen molar-refractivity contribution in [3.8, 4) is 5.75 Å². The Labute approximate surface area is 138 Å². The molecule has 0 saturated carbocycles. The quantitative estimate of drug-likeness (QED) is 0.315. The average molecular weight is 321 g/mol. The molecule has 6 heteroatoms. The van der Waals surface area contributed by atoms with Crippen LogP contribution in [-0.2, 0) is 16.1 Å². The summed E-state index contributed by atoms with van der Waals surface area (Å²) in [5.41, 5.74) is 1.09. The van der Waals surface area contributed by atoms with Crippen LogP contribution in [0.5, 0.6) is 5.75 Å². The average Bonchev–Trinajstić information content (AvgIpc) is 2.59. The third-order valence-corrected chi connectivity index (χ3v) is 3.23. The second-order valence-corrected chi connectivity index (χ2v) is 5.01. The lowest BCUT2D eigenvalue weighted by molar-refractivity contribution is -0.140. The number of aliphatic imine (C=N–C) groups is 1. The Morgan fingerprint density at radius 1 is 1.22 bits per heavy atom. The zero-order valence-corrected chi connectivity index (χ0v) is 14.2. The van der Waals surface area contributed by atoms with E-state index in [0.717, 1.165) is 43.2 Å². The summed E-state index contributed by atoms with van der Waals surface area (Å²) in [7, 11) is 3.07. The van der Waals surface area contributed by atoms with Gasteiger partial charge in [-0.25, -0.2) is 4.99 Å². The van der Waals surface area contributed by atoms with Gasteiger partial charge in [0.05, 0.1) is 20.8 Å². The lowest BCUT2D eigenvalue weighted by atomic mass is 10.2. The van der Waals surface area contributed by atoms with Crippen LogP contribution in [0.15, 0.2) is 29.3 Å². The van der Waals surface area contributed by atoms with Crippen molar-refractivity contribution in [1.29, 1.82) is 0 Å². The highest BCUT2D eigenvalue weighted by atomic mass is 16.5. The molecule has 1 rings (SSSR count). The molecule has 0 unspecified atom stereocenters. The smallest absolute Gasteiger partial charge is 0.305 e. The monoisotopic (exact) mass is 321 g/mol. The molecular weight excluding hydrogens is 294 g/mol. The third-order valence-electron chi connectivity index (χ3n) is 3.23. The molecule has 0 saturated heterocycles. The van der Waals surface area contributed by atoms with E-state index in [-0.39, 0.29) is 5.97 Å². The predicted octanol–water partition coefficient (Wildman–Crippen LogP) is 2.09. The van der Waals surface area contributed by atoms with Gasteiger partial charge in [-0.1, -0.05) is 12.1 Å². The number of ether oxygens (including phenoxy) is 2. The van der Waals surface area contributed by atoms with Crippen molar-refractivity contribution in [2.24, 2.45) is 4.99 Å². The molecule has 23 heavy (non-hydrogen) atoms. The van der Waals surface area contributed by atoms with Gasteiger partial charge in [-0.05, 0) is 37.5 Å². The van der Waals surface area contributed by atoms with Gasteiger partial charge in [-0.2, -0.15) is 0 Å². The van der Waals surface area contributed by atoms with Gasteiger partial charge in [0.25, 0.3) is 0 Å². The number of rotatable bonds is 9. The maximum absolute atomic E-state index is 11.0. The SMILES string of the molecule is CCNC(=NCc1cccc(OC)c1)NCCCCC(=O)OC. The van der Waals surface area contributed by atoms with Crippen molar-refractivity contribution in [2.75, 3.05) is 27.3 Å². The molecule has 0 heterocycles. The Balaban J connectivity index is 2.41. The summed E-state index contributed by atoms with van der Waals surface area (Å²) in [6.07, 6.45) is 2.14. The van der Waals surface area contributed by atoms with Gasteiger partial charge >= 0.3 is 5.97 Å². The Hall–Kier alpha value is -2.24. The highest BCUT2D eigenvalue weighted by molar-refractivity contribution is 5.79. The largest absolute Gasteiger partial charge is 0.497 e. The van der Waals surface area contributed by atoms with Crippen LogP contribution in [0.4, 0.5) is 0 Å². The van der Waals surface area contributed by atoms with Crippen molar-refractivity contribution in [2.45, 2.75) is 32.7 Å². The summed E-state index contributed by atoms with van der Waals surface area (Å²) in [5.74, 6) is 1.44. The van der Waals surface area contributed by atoms with E-state index in [4.69, 9.17) is 4.74 Å². The first-order valence-electron chi connectivity index (χ1n) is 7.91. The second-order valence-electron chi connectivity index (χ2n) is 5.01. The van der Waals surface area contributed by atoms with Gasteiger partial charge in [0.1, 0.15) is 5.75 Å². The van der Waals surface area contributed by atoms with Crippen LogP contribution in [-0.4, -0.2) is 39.2 Å². The van der Waals surface area contributed by atoms with Crippen molar-refractivity contribution in [3.63, 3.8) is 0 Å². The fourth-order valence-corrected chi connectivity index (χ4v) is 1.99. The number of esters is 1. The van der Waals surface area contributed by atoms with E-state index in [1.54, 1.807) is 7.11 Å². The molecular formula is C17H27N3O3. The first-order chi connectivity index (χ1) is 11.2. The Morgan fingerprint density at radius 3 is 2.74 bits per heavy atom. The van der Waals surface area contributed by atoms with E-state index in [0.29, 0.717) is 13.0 Å². The van der Waals surface area contributed by atoms with Crippen molar-refractivity contribution in [3.05, 3.63) is 29.8 Å². The molecule has 0 atom stereocenters. The minimum absolute atomic E-state index is 0.163. The number of nitrogens with one attached hydrogen (secondary N) is 2. The zero-order chi connectivity index (χ0) is 16.9. The molecule has 0 aliphatic carbocycles.